The highest BCUT2D eigenvalue weighted by atomic mass is 32.2. The van der Waals surface area contributed by atoms with E-state index in [1.165, 1.54) is 26.4 Å². The van der Waals surface area contributed by atoms with Crippen molar-refractivity contribution in [2.75, 3.05) is 27.4 Å². The van der Waals surface area contributed by atoms with Crippen molar-refractivity contribution in [3.8, 4) is 5.75 Å². The highest BCUT2D eigenvalue weighted by Crippen LogP contribution is 2.29. The minimum Gasteiger partial charge on any atom is -0.490 e. The molecule has 0 aromatic heterocycles. The van der Waals surface area contributed by atoms with Crippen LogP contribution in [0.15, 0.2) is 23.1 Å². The molecule has 1 rings (SSSR count). The van der Waals surface area contributed by atoms with Gasteiger partial charge < -0.3 is 14.6 Å². The van der Waals surface area contributed by atoms with E-state index in [0.717, 1.165) is 6.07 Å². The number of benzene rings is 1. The van der Waals surface area contributed by atoms with Crippen LogP contribution in [0, 0.1) is 10.1 Å². The van der Waals surface area contributed by atoms with Crippen molar-refractivity contribution in [3.63, 3.8) is 0 Å². The van der Waals surface area contributed by atoms with E-state index in [1.807, 2.05) is 0 Å². The molecule has 0 aliphatic carbocycles. The largest absolute Gasteiger partial charge is 0.490 e. The molecule has 0 amide bonds. The van der Waals surface area contributed by atoms with E-state index >= 15 is 0 Å². The number of hydrogen-bond donors (Lipinski definition) is 2. The highest BCUT2D eigenvalue weighted by molar-refractivity contribution is 7.89. The molecule has 2 N–H and O–H groups in total. The molecule has 9 nitrogen and oxygen atoms in total. The smallest absolute Gasteiger partial charge is 0.312 e. The maximum Gasteiger partial charge on any atom is 0.312 e. The molecule has 1 aromatic carbocycles. The molecule has 21 heavy (non-hydrogen) atoms. The maximum absolute atomic E-state index is 12.1. The fourth-order valence-corrected chi connectivity index (χ4v) is 2.82. The standard InChI is InChI=1S/C11H16N2O7S/c1-19-7-8(6-14)12-21(17,18)9-3-4-11(20-2)10(5-9)13(15)16/h3-5,8,12,14H,6-7H2,1-2H3. The lowest BCUT2D eigenvalue weighted by Gasteiger charge is -2.15. The summed E-state index contributed by atoms with van der Waals surface area (Å²) in [5, 5.41) is 19.9. The van der Waals surface area contributed by atoms with Gasteiger partial charge in [0.1, 0.15) is 0 Å². The number of nitrogens with one attached hydrogen (secondary N) is 1. The molecule has 0 aliphatic rings. The molecule has 118 valence electrons. The molecule has 1 atom stereocenters. The topological polar surface area (TPSA) is 128 Å². The number of ether oxygens (including phenoxy) is 2. The van der Waals surface area contributed by atoms with Crippen LogP contribution in [0.25, 0.3) is 0 Å². The van der Waals surface area contributed by atoms with Crippen LogP contribution in [0.4, 0.5) is 5.69 Å². The first kappa shape index (κ1) is 17.3. The van der Waals surface area contributed by atoms with Gasteiger partial charge in [0.25, 0.3) is 0 Å². The Morgan fingerprint density at radius 2 is 2.10 bits per heavy atom. The second-order valence-electron chi connectivity index (χ2n) is 4.05. The number of hydrogen-bond acceptors (Lipinski definition) is 7. The first-order valence-electron chi connectivity index (χ1n) is 5.80. The zero-order chi connectivity index (χ0) is 16.0. The summed E-state index contributed by atoms with van der Waals surface area (Å²) in [6.45, 7) is -0.501. The van der Waals surface area contributed by atoms with Gasteiger partial charge in [-0.2, -0.15) is 0 Å². The number of rotatable bonds is 8. The lowest BCUT2D eigenvalue weighted by Crippen LogP contribution is -2.40. The van der Waals surface area contributed by atoms with E-state index in [-0.39, 0.29) is 17.3 Å². The predicted molar refractivity (Wildman–Crippen MR) is 72.7 cm³/mol. The van der Waals surface area contributed by atoms with Crippen LogP contribution in [0.1, 0.15) is 0 Å². The van der Waals surface area contributed by atoms with E-state index in [2.05, 4.69) is 4.72 Å². The zero-order valence-electron chi connectivity index (χ0n) is 11.5. The molecular weight excluding hydrogens is 304 g/mol. The zero-order valence-corrected chi connectivity index (χ0v) is 12.3. The fourth-order valence-electron chi connectivity index (χ4n) is 1.59. The van der Waals surface area contributed by atoms with Gasteiger partial charge in [0.05, 0.1) is 36.2 Å². The van der Waals surface area contributed by atoms with Gasteiger partial charge in [-0.1, -0.05) is 0 Å². The van der Waals surface area contributed by atoms with Gasteiger partial charge in [-0.15, -0.1) is 0 Å². The summed E-state index contributed by atoms with van der Waals surface area (Å²) in [5.41, 5.74) is -0.465. The Morgan fingerprint density at radius 3 is 2.57 bits per heavy atom. The number of aliphatic hydroxyl groups is 1. The van der Waals surface area contributed by atoms with Crippen LogP contribution in [0.3, 0.4) is 0 Å². The van der Waals surface area contributed by atoms with Gasteiger partial charge in [-0.25, -0.2) is 13.1 Å². The van der Waals surface area contributed by atoms with Crippen LogP contribution in [-0.4, -0.2) is 51.9 Å². The second-order valence-corrected chi connectivity index (χ2v) is 5.76. The minimum atomic E-state index is -4.02. The number of nitro benzene ring substituents is 1. The third-order valence-electron chi connectivity index (χ3n) is 2.57. The molecule has 0 saturated heterocycles. The molecule has 0 bridgehead atoms. The summed E-state index contributed by atoms with van der Waals surface area (Å²) in [6, 6.07) is 2.41. The lowest BCUT2D eigenvalue weighted by molar-refractivity contribution is -0.386. The van der Waals surface area contributed by atoms with E-state index < -0.39 is 33.3 Å². The van der Waals surface area contributed by atoms with Crippen molar-refractivity contribution in [2.24, 2.45) is 0 Å². The van der Waals surface area contributed by atoms with E-state index in [0.29, 0.717) is 0 Å². The van der Waals surface area contributed by atoms with Crippen LogP contribution in [0.2, 0.25) is 0 Å². The molecule has 10 heteroatoms. The van der Waals surface area contributed by atoms with E-state index in [1.54, 1.807) is 0 Å². The quantitative estimate of drug-likeness (QED) is 0.505. The number of aliphatic hydroxyl groups excluding tert-OH is 1. The van der Waals surface area contributed by atoms with Crippen molar-refractivity contribution >= 4 is 15.7 Å². The molecule has 0 heterocycles. The van der Waals surface area contributed by atoms with Crippen molar-refractivity contribution < 1.29 is 27.9 Å². The van der Waals surface area contributed by atoms with Gasteiger partial charge in [-0.3, -0.25) is 10.1 Å². The number of sulfonamides is 1. The summed E-state index contributed by atoms with van der Waals surface area (Å²) in [7, 11) is -1.42. The minimum absolute atomic E-state index is 0.0338. The Labute approximate surface area is 121 Å². The monoisotopic (exact) mass is 320 g/mol. The molecule has 1 aromatic rings. The van der Waals surface area contributed by atoms with Gasteiger partial charge in [0.15, 0.2) is 5.75 Å². The Morgan fingerprint density at radius 1 is 1.43 bits per heavy atom. The molecule has 0 fully saturated rings. The molecule has 0 aliphatic heterocycles. The van der Waals surface area contributed by atoms with Gasteiger partial charge in [-0.05, 0) is 12.1 Å². The van der Waals surface area contributed by atoms with Crippen molar-refractivity contribution in [2.45, 2.75) is 10.9 Å². The molecule has 0 saturated carbocycles. The van der Waals surface area contributed by atoms with Gasteiger partial charge in [0, 0.05) is 13.2 Å². The summed E-state index contributed by atoms with van der Waals surface area (Å²) in [6.07, 6.45) is 0. The SMILES string of the molecule is COCC(CO)NS(=O)(=O)c1ccc(OC)c([N+](=O)[O-])c1. The number of nitrogens with zero attached hydrogens (tertiary/aromatic N) is 1. The summed E-state index contributed by atoms with van der Waals surface area (Å²) < 4.78 is 36.0. The third-order valence-corrected chi connectivity index (χ3v) is 4.09. The Balaban J connectivity index is 3.14. The maximum atomic E-state index is 12.1. The average Bonchev–Trinajstić information content (AvgIpc) is 2.45. The van der Waals surface area contributed by atoms with Crippen LogP contribution in [0.5, 0.6) is 5.75 Å². The van der Waals surface area contributed by atoms with Crippen molar-refractivity contribution in [1.29, 1.82) is 0 Å². The third kappa shape index (κ3) is 4.36. The molecular formula is C11H16N2O7S. The Kier molecular flexibility index (Phi) is 6.03. The predicted octanol–water partition coefficient (Wildman–Crippen LogP) is -0.111. The van der Waals surface area contributed by atoms with Crippen LogP contribution >= 0.6 is 0 Å². The number of nitro groups is 1. The van der Waals surface area contributed by atoms with E-state index in [4.69, 9.17) is 14.6 Å². The van der Waals surface area contributed by atoms with Crippen molar-refractivity contribution in [3.05, 3.63) is 28.3 Å². The van der Waals surface area contributed by atoms with Crippen molar-refractivity contribution in [1.82, 2.24) is 4.72 Å². The van der Waals surface area contributed by atoms with Crippen LogP contribution < -0.4 is 9.46 Å². The fraction of sp³-hybridized carbons (Fsp3) is 0.455. The van der Waals surface area contributed by atoms with E-state index in [9.17, 15) is 18.5 Å². The molecule has 0 spiro atoms. The summed E-state index contributed by atoms with van der Waals surface area (Å²) >= 11 is 0. The number of methoxy groups -OCH3 is 2. The average molecular weight is 320 g/mol. The van der Waals surface area contributed by atoms with Gasteiger partial charge >= 0.3 is 5.69 Å². The summed E-state index contributed by atoms with van der Waals surface area (Å²) in [5.74, 6) is -0.0467. The molecule has 0 radical (unpaired) electrons. The Bertz CT molecular complexity index is 603. The summed E-state index contributed by atoms with van der Waals surface area (Å²) in [4.78, 5) is 9.85. The lowest BCUT2D eigenvalue weighted by atomic mass is 10.3. The molecule has 1 unspecified atom stereocenters. The second kappa shape index (κ2) is 7.31. The van der Waals surface area contributed by atoms with Crippen LogP contribution in [-0.2, 0) is 14.8 Å². The van der Waals surface area contributed by atoms with Gasteiger partial charge in [0.2, 0.25) is 10.0 Å². The first-order valence-corrected chi connectivity index (χ1v) is 7.28. The Hall–Kier alpha value is -1.75. The first-order chi connectivity index (χ1) is 9.85. The highest BCUT2D eigenvalue weighted by Gasteiger charge is 2.24. The normalized spacial score (nSPS) is 12.9.